The van der Waals surface area contributed by atoms with Crippen LogP contribution in [0, 0.1) is 0 Å². The summed E-state index contributed by atoms with van der Waals surface area (Å²) >= 11 is 1.66. The molecule has 1 saturated heterocycles. The Balaban J connectivity index is 1.82. The van der Waals surface area contributed by atoms with Gasteiger partial charge in [0.15, 0.2) is 0 Å². The van der Waals surface area contributed by atoms with Gasteiger partial charge in [-0.25, -0.2) is 9.78 Å². The molecule has 0 radical (unpaired) electrons. The van der Waals surface area contributed by atoms with E-state index in [1.165, 1.54) is 0 Å². The minimum atomic E-state index is -0.918. The summed E-state index contributed by atoms with van der Waals surface area (Å²) in [6.07, 6.45) is 5.65. The fourth-order valence-corrected chi connectivity index (χ4v) is 3.45. The summed E-state index contributed by atoms with van der Waals surface area (Å²) in [5, 5.41) is 12.3. The number of pyridine rings is 1. The summed E-state index contributed by atoms with van der Waals surface area (Å²) in [6.45, 7) is 1.52. The smallest absolute Gasteiger partial charge is 0.337 e. The molecule has 20 heavy (non-hydrogen) atoms. The quantitative estimate of drug-likeness (QED) is 0.937. The van der Waals surface area contributed by atoms with Crippen LogP contribution < -0.4 is 0 Å². The van der Waals surface area contributed by atoms with E-state index < -0.39 is 5.97 Å². The topological polar surface area (TPSA) is 66.3 Å². The zero-order chi connectivity index (χ0) is 13.9. The molecule has 2 aromatic rings. The predicted octanol–water partition coefficient (Wildman–Crippen LogP) is 2.57. The molecule has 0 aromatic carbocycles. The van der Waals surface area contributed by atoms with Gasteiger partial charge in [-0.05, 0) is 31.5 Å². The third-order valence-corrected chi connectivity index (χ3v) is 4.45. The van der Waals surface area contributed by atoms with Crippen molar-refractivity contribution in [2.45, 2.75) is 25.4 Å². The van der Waals surface area contributed by atoms with Crippen LogP contribution in [-0.4, -0.2) is 32.5 Å². The molecule has 2 aromatic heterocycles. The van der Waals surface area contributed by atoms with Crippen molar-refractivity contribution < 1.29 is 9.90 Å². The van der Waals surface area contributed by atoms with Gasteiger partial charge in [-0.3, -0.25) is 9.88 Å². The molecule has 3 heterocycles. The van der Waals surface area contributed by atoms with Gasteiger partial charge in [0, 0.05) is 24.3 Å². The van der Waals surface area contributed by atoms with E-state index in [4.69, 9.17) is 0 Å². The van der Waals surface area contributed by atoms with Gasteiger partial charge in [0.05, 0.1) is 17.3 Å². The van der Waals surface area contributed by atoms with Crippen molar-refractivity contribution in [3.63, 3.8) is 0 Å². The maximum atomic E-state index is 11.2. The van der Waals surface area contributed by atoms with Crippen LogP contribution in [-0.2, 0) is 6.54 Å². The molecule has 1 aliphatic heterocycles. The van der Waals surface area contributed by atoms with Gasteiger partial charge in [0.2, 0.25) is 0 Å². The molecule has 3 rings (SSSR count). The van der Waals surface area contributed by atoms with E-state index >= 15 is 0 Å². The molecule has 0 aliphatic carbocycles. The number of hydrogen-bond acceptors (Lipinski definition) is 5. The molecule has 1 N–H and O–H groups in total. The summed E-state index contributed by atoms with van der Waals surface area (Å²) in [6, 6.07) is 3.56. The molecule has 1 aliphatic rings. The molecule has 104 valence electrons. The Hall–Kier alpha value is -1.79. The minimum absolute atomic E-state index is 0.289. The standard InChI is InChI=1S/C14H15N3O2S/c18-14(19)10-3-1-5-15-11(10)9-17-7-2-4-12(17)13-16-6-8-20-13/h1,3,5-6,8,12H,2,4,7,9H2,(H,18,19)/t12-/m0/s1. The van der Waals surface area contributed by atoms with E-state index in [1.54, 1.807) is 29.7 Å². The lowest BCUT2D eigenvalue weighted by Crippen LogP contribution is -2.24. The number of rotatable bonds is 4. The van der Waals surface area contributed by atoms with Crippen molar-refractivity contribution in [1.29, 1.82) is 0 Å². The van der Waals surface area contributed by atoms with Gasteiger partial charge in [0.1, 0.15) is 5.01 Å². The maximum Gasteiger partial charge on any atom is 0.337 e. The lowest BCUT2D eigenvalue weighted by molar-refractivity contribution is 0.0693. The Morgan fingerprint density at radius 1 is 1.45 bits per heavy atom. The van der Waals surface area contributed by atoms with Crippen LogP contribution in [0.1, 0.15) is 39.9 Å². The lowest BCUT2D eigenvalue weighted by Gasteiger charge is -2.22. The number of carboxylic acid groups (broad SMARTS) is 1. The largest absolute Gasteiger partial charge is 0.478 e. The Morgan fingerprint density at radius 3 is 3.10 bits per heavy atom. The Morgan fingerprint density at radius 2 is 2.35 bits per heavy atom. The van der Waals surface area contributed by atoms with Crippen molar-refractivity contribution in [2.75, 3.05) is 6.54 Å². The number of likely N-dealkylation sites (tertiary alicyclic amines) is 1. The second-order valence-electron chi connectivity index (χ2n) is 4.80. The predicted molar refractivity (Wildman–Crippen MR) is 75.7 cm³/mol. The highest BCUT2D eigenvalue weighted by Crippen LogP contribution is 2.34. The van der Waals surface area contributed by atoms with E-state index in [2.05, 4.69) is 14.9 Å². The van der Waals surface area contributed by atoms with Crippen LogP contribution in [0.3, 0.4) is 0 Å². The van der Waals surface area contributed by atoms with E-state index in [1.807, 2.05) is 11.6 Å². The van der Waals surface area contributed by atoms with Crippen LogP contribution in [0.2, 0.25) is 0 Å². The minimum Gasteiger partial charge on any atom is -0.478 e. The van der Waals surface area contributed by atoms with Gasteiger partial charge in [-0.15, -0.1) is 11.3 Å². The Labute approximate surface area is 120 Å². The third kappa shape index (κ3) is 2.57. The summed E-state index contributed by atoms with van der Waals surface area (Å²) in [5.74, 6) is -0.918. The van der Waals surface area contributed by atoms with Gasteiger partial charge >= 0.3 is 5.97 Å². The molecule has 0 amide bonds. The number of thiazole rings is 1. The highest BCUT2D eigenvalue weighted by molar-refractivity contribution is 7.09. The molecule has 5 nitrogen and oxygen atoms in total. The van der Waals surface area contributed by atoms with Gasteiger partial charge < -0.3 is 5.11 Å². The molecule has 0 bridgehead atoms. The summed E-state index contributed by atoms with van der Waals surface area (Å²) in [5.41, 5.74) is 0.917. The number of hydrogen-bond donors (Lipinski definition) is 1. The fourth-order valence-electron chi connectivity index (χ4n) is 2.65. The first kappa shape index (κ1) is 13.2. The highest BCUT2D eigenvalue weighted by atomic mass is 32.1. The van der Waals surface area contributed by atoms with Crippen LogP contribution in [0.4, 0.5) is 0 Å². The number of carboxylic acids is 1. The number of aromatic nitrogens is 2. The van der Waals surface area contributed by atoms with Gasteiger partial charge in [0.25, 0.3) is 0 Å². The second-order valence-corrected chi connectivity index (χ2v) is 5.73. The highest BCUT2D eigenvalue weighted by Gasteiger charge is 2.29. The third-order valence-electron chi connectivity index (χ3n) is 3.57. The normalized spacial score (nSPS) is 19.3. The average molecular weight is 289 g/mol. The number of aromatic carboxylic acids is 1. The van der Waals surface area contributed by atoms with Crippen molar-refractivity contribution in [1.82, 2.24) is 14.9 Å². The van der Waals surface area contributed by atoms with Crippen molar-refractivity contribution in [3.8, 4) is 0 Å². The van der Waals surface area contributed by atoms with Crippen molar-refractivity contribution in [2.24, 2.45) is 0 Å². The van der Waals surface area contributed by atoms with E-state index in [0.717, 1.165) is 24.4 Å². The van der Waals surface area contributed by atoms with Crippen molar-refractivity contribution >= 4 is 17.3 Å². The molecule has 0 saturated carbocycles. The van der Waals surface area contributed by atoms with Crippen LogP contribution in [0.5, 0.6) is 0 Å². The first-order valence-electron chi connectivity index (χ1n) is 6.56. The number of nitrogens with zero attached hydrogens (tertiary/aromatic N) is 3. The SMILES string of the molecule is O=C(O)c1cccnc1CN1CCC[C@H]1c1nccs1. The first-order valence-corrected chi connectivity index (χ1v) is 7.44. The van der Waals surface area contributed by atoms with Crippen LogP contribution in [0.15, 0.2) is 29.9 Å². The zero-order valence-electron chi connectivity index (χ0n) is 10.9. The molecule has 0 spiro atoms. The van der Waals surface area contributed by atoms with E-state index in [0.29, 0.717) is 18.3 Å². The summed E-state index contributed by atoms with van der Waals surface area (Å²) < 4.78 is 0. The first-order chi connectivity index (χ1) is 9.75. The van der Waals surface area contributed by atoms with Gasteiger partial charge in [-0.2, -0.15) is 0 Å². The molecule has 0 unspecified atom stereocenters. The lowest BCUT2D eigenvalue weighted by atomic mass is 10.1. The Bertz CT molecular complexity index is 600. The second kappa shape index (κ2) is 5.68. The summed E-state index contributed by atoms with van der Waals surface area (Å²) in [4.78, 5) is 22.1. The van der Waals surface area contributed by atoms with Crippen molar-refractivity contribution in [3.05, 3.63) is 46.2 Å². The zero-order valence-corrected chi connectivity index (χ0v) is 11.7. The Kier molecular flexibility index (Phi) is 3.75. The van der Waals surface area contributed by atoms with Crippen LogP contribution >= 0.6 is 11.3 Å². The van der Waals surface area contributed by atoms with Crippen LogP contribution in [0.25, 0.3) is 0 Å². The molecule has 1 fully saturated rings. The molecular formula is C14H15N3O2S. The fraction of sp³-hybridized carbons (Fsp3) is 0.357. The maximum absolute atomic E-state index is 11.2. The number of carbonyl (C=O) groups is 1. The average Bonchev–Trinajstić information content (AvgIpc) is 3.09. The molecular weight excluding hydrogens is 274 g/mol. The molecule has 6 heteroatoms. The molecule has 1 atom stereocenters. The van der Waals surface area contributed by atoms with E-state index in [9.17, 15) is 9.90 Å². The monoisotopic (exact) mass is 289 g/mol. The van der Waals surface area contributed by atoms with E-state index in [-0.39, 0.29) is 5.56 Å². The van der Waals surface area contributed by atoms with Gasteiger partial charge in [-0.1, -0.05) is 0 Å². The summed E-state index contributed by atoms with van der Waals surface area (Å²) in [7, 11) is 0.